The number of ether oxygens (including phenoxy) is 1. The average molecular weight is 304 g/mol. The second-order valence-corrected chi connectivity index (χ2v) is 5.95. The van der Waals surface area contributed by atoms with E-state index in [1.165, 1.54) is 11.4 Å². The van der Waals surface area contributed by atoms with Crippen LogP contribution in [0.15, 0.2) is 16.7 Å². The molecule has 2 aromatic rings. The van der Waals surface area contributed by atoms with Crippen molar-refractivity contribution in [1.82, 2.24) is 20.1 Å². The summed E-state index contributed by atoms with van der Waals surface area (Å²) in [4.78, 5) is 4.11. The lowest BCUT2D eigenvalue weighted by Gasteiger charge is -2.19. The van der Waals surface area contributed by atoms with Crippen LogP contribution in [0.1, 0.15) is 54.8 Å². The first-order valence-electron chi connectivity index (χ1n) is 7.89. The van der Waals surface area contributed by atoms with E-state index >= 15 is 0 Å². The lowest BCUT2D eigenvalue weighted by molar-refractivity contribution is 0.0844. The van der Waals surface area contributed by atoms with Crippen molar-refractivity contribution < 1.29 is 9.15 Å². The zero-order valence-corrected chi connectivity index (χ0v) is 13.5. The predicted molar refractivity (Wildman–Crippen MR) is 82.5 cm³/mol. The molecule has 1 unspecified atom stereocenters. The van der Waals surface area contributed by atoms with Crippen molar-refractivity contribution >= 4 is 0 Å². The molecule has 1 saturated heterocycles. The summed E-state index contributed by atoms with van der Waals surface area (Å²) in [6.45, 7) is 6.35. The van der Waals surface area contributed by atoms with Gasteiger partial charge in [-0.05, 0) is 25.8 Å². The van der Waals surface area contributed by atoms with E-state index < -0.39 is 0 Å². The minimum Gasteiger partial charge on any atom is -0.445 e. The molecule has 0 aliphatic carbocycles. The Morgan fingerprint density at radius 1 is 1.41 bits per heavy atom. The van der Waals surface area contributed by atoms with Gasteiger partial charge in [0.1, 0.15) is 5.76 Å². The highest BCUT2D eigenvalue weighted by molar-refractivity contribution is 5.17. The third kappa shape index (κ3) is 3.39. The molecule has 0 amide bonds. The summed E-state index contributed by atoms with van der Waals surface area (Å²) in [5, 5.41) is 8.17. The Hall–Kier alpha value is -1.66. The molecule has 1 aliphatic rings. The standard InChI is InChI=1S/C16H24N4O2/c1-11(17-9-14-10-18-12(2)22-14)16-8-15(19-20(16)3)13-4-6-21-7-5-13/h8,10-11,13,17H,4-7,9H2,1-3H3. The van der Waals surface area contributed by atoms with Gasteiger partial charge in [-0.15, -0.1) is 0 Å². The van der Waals surface area contributed by atoms with Gasteiger partial charge in [0.05, 0.1) is 24.1 Å². The third-order valence-corrected chi connectivity index (χ3v) is 4.27. The first-order valence-corrected chi connectivity index (χ1v) is 7.89. The van der Waals surface area contributed by atoms with Crippen molar-refractivity contribution in [2.75, 3.05) is 13.2 Å². The molecule has 0 aromatic carbocycles. The second-order valence-electron chi connectivity index (χ2n) is 5.95. The van der Waals surface area contributed by atoms with Crippen LogP contribution in [0.5, 0.6) is 0 Å². The van der Waals surface area contributed by atoms with E-state index in [0.717, 1.165) is 31.8 Å². The molecule has 3 heterocycles. The molecule has 0 spiro atoms. The molecule has 1 N–H and O–H groups in total. The number of aryl methyl sites for hydroxylation is 2. The first-order chi connectivity index (χ1) is 10.6. The van der Waals surface area contributed by atoms with Gasteiger partial charge >= 0.3 is 0 Å². The maximum Gasteiger partial charge on any atom is 0.191 e. The first kappa shape index (κ1) is 15.2. The van der Waals surface area contributed by atoms with Crippen molar-refractivity contribution in [3.05, 3.63) is 35.3 Å². The maximum atomic E-state index is 5.49. The van der Waals surface area contributed by atoms with Crippen LogP contribution in [0.2, 0.25) is 0 Å². The number of hydrogen-bond acceptors (Lipinski definition) is 5. The van der Waals surface area contributed by atoms with Crippen LogP contribution in [0.25, 0.3) is 0 Å². The van der Waals surface area contributed by atoms with E-state index in [0.29, 0.717) is 18.4 Å². The van der Waals surface area contributed by atoms with Gasteiger partial charge in [-0.3, -0.25) is 4.68 Å². The number of aromatic nitrogens is 3. The molecule has 22 heavy (non-hydrogen) atoms. The Kier molecular flexibility index (Phi) is 4.59. The summed E-state index contributed by atoms with van der Waals surface area (Å²) < 4.78 is 12.9. The molecule has 2 aromatic heterocycles. The highest BCUT2D eigenvalue weighted by Gasteiger charge is 2.21. The zero-order valence-electron chi connectivity index (χ0n) is 13.5. The highest BCUT2D eigenvalue weighted by atomic mass is 16.5. The molecule has 6 nitrogen and oxygen atoms in total. The van der Waals surface area contributed by atoms with Gasteiger partial charge in [-0.2, -0.15) is 5.10 Å². The van der Waals surface area contributed by atoms with Crippen LogP contribution in [-0.2, 0) is 18.3 Å². The minimum absolute atomic E-state index is 0.205. The van der Waals surface area contributed by atoms with E-state index in [1.807, 2.05) is 18.7 Å². The molecule has 0 radical (unpaired) electrons. The lowest BCUT2D eigenvalue weighted by atomic mass is 9.96. The number of nitrogens with zero attached hydrogens (tertiary/aromatic N) is 3. The maximum absolute atomic E-state index is 5.49. The van der Waals surface area contributed by atoms with Gasteiger partial charge in [0.25, 0.3) is 0 Å². The van der Waals surface area contributed by atoms with Crippen LogP contribution < -0.4 is 5.32 Å². The predicted octanol–water partition coefficient (Wildman–Crippen LogP) is 2.46. The molecule has 0 saturated carbocycles. The molecule has 0 bridgehead atoms. The van der Waals surface area contributed by atoms with Crippen LogP contribution in [0, 0.1) is 6.92 Å². The smallest absolute Gasteiger partial charge is 0.191 e. The normalized spacial score (nSPS) is 17.8. The van der Waals surface area contributed by atoms with Crippen molar-refractivity contribution in [1.29, 1.82) is 0 Å². The van der Waals surface area contributed by atoms with E-state index in [1.54, 1.807) is 6.20 Å². The fourth-order valence-corrected chi connectivity index (χ4v) is 2.95. The van der Waals surface area contributed by atoms with Crippen molar-refractivity contribution in [3.63, 3.8) is 0 Å². The Morgan fingerprint density at radius 3 is 2.86 bits per heavy atom. The van der Waals surface area contributed by atoms with Gasteiger partial charge in [0, 0.05) is 39.1 Å². The number of oxazole rings is 1. The monoisotopic (exact) mass is 304 g/mol. The molecule has 6 heteroatoms. The second kappa shape index (κ2) is 6.62. The summed E-state index contributed by atoms with van der Waals surface area (Å²) in [5.74, 6) is 2.08. The fraction of sp³-hybridized carbons (Fsp3) is 0.625. The molecular weight excluding hydrogens is 280 g/mol. The lowest BCUT2D eigenvalue weighted by Crippen LogP contribution is -2.20. The summed E-state index contributed by atoms with van der Waals surface area (Å²) >= 11 is 0. The van der Waals surface area contributed by atoms with E-state index in [-0.39, 0.29) is 6.04 Å². The van der Waals surface area contributed by atoms with Gasteiger partial charge in [-0.25, -0.2) is 4.98 Å². The van der Waals surface area contributed by atoms with Crippen LogP contribution in [-0.4, -0.2) is 28.0 Å². The van der Waals surface area contributed by atoms with Crippen LogP contribution in [0.3, 0.4) is 0 Å². The van der Waals surface area contributed by atoms with Crippen molar-refractivity contribution in [3.8, 4) is 0 Å². The highest BCUT2D eigenvalue weighted by Crippen LogP contribution is 2.27. The molecule has 1 aliphatic heterocycles. The van der Waals surface area contributed by atoms with E-state index in [4.69, 9.17) is 14.3 Å². The van der Waals surface area contributed by atoms with Crippen molar-refractivity contribution in [2.24, 2.45) is 7.05 Å². The molecule has 120 valence electrons. The van der Waals surface area contributed by atoms with Gasteiger partial charge in [0.15, 0.2) is 5.89 Å². The number of rotatable bonds is 5. The molecular formula is C16H24N4O2. The molecule has 1 atom stereocenters. The topological polar surface area (TPSA) is 65.1 Å². The summed E-state index contributed by atoms with van der Waals surface area (Å²) in [7, 11) is 2.01. The van der Waals surface area contributed by atoms with E-state index in [2.05, 4.69) is 23.3 Å². The zero-order chi connectivity index (χ0) is 15.5. The van der Waals surface area contributed by atoms with E-state index in [9.17, 15) is 0 Å². The Labute approximate surface area is 130 Å². The minimum atomic E-state index is 0.205. The van der Waals surface area contributed by atoms with Gasteiger partial charge in [0.2, 0.25) is 0 Å². The van der Waals surface area contributed by atoms with Crippen LogP contribution >= 0.6 is 0 Å². The van der Waals surface area contributed by atoms with Gasteiger partial charge < -0.3 is 14.5 Å². The summed E-state index contributed by atoms with van der Waals surface area (Å²) in [5.41, 5.74) is 2.38. The van der Waals surface area contributed by atoms with Crippen LogP contribution in [0.4, 0.5) is 0 Å². The quantitative estimate of drug-likeness (QED) is 0.919. The Balaban J connectivity index is 1.64. The molecule has 3 rings (SSSR count). The summed E-state index contributed by atoms with van der Waals surface area (Å²) in [6, 6.07) is 2.43. The molecule has 1 fully saturated rings. The number of nitrogens with one attached hydrogen (secondary N) is 1. The third-order valence-electron chi connectivity index (χ3n) is 4.27. The fourth-order valence-electron chi connectivity index (χ4n) is 2.95. The SMILES string of the molecule is Cc1ncc(CNC(C)c2cc(C3CCOCC3)nn2C)o1. The average Bonchev–Trinajstić information content (AvgIpc) is 3.12. The number of hydrogen-bond donors (Lipinski definition) is 1. The Bertz CT molecular complexity index is 613. The Morgan fingerprint density at radius 2 is 2.18 bits per heavy atom. The largest absolute Gasteiger partial charge is 0.445 e. The van der Waals surface area contributed by atoms with Crippen molar-refractivity contribution in [2.45, 2.75) is 45.2 Å². The van der Waals surface area contributed by atoms with Gasteiger partial charge in [-0.1, -0.05) is 0 Å². The summed E-state index contributed by atoms with van der Waals surface area (Å²) in [6.07, 6.45) is 3.90.